The second-order valence-electron chi connectivity index (χ2n) is 5.75. The van der Waals surface area contributed by atoms with Gasteiger partial charge in [-0.1, -0.05) is 19.1 Å². The Balaban J connectivity index is 1.86. The minimum Gasteiger partial charge on any atom is -0.382 e. The van der Waals surface area contributed by atoms with Crippen LogP contribution >= 0.6 is 0 Å². The van der Waals surface area contributed by atoms with Gasteiger partial charge in [0.25, 0.3) is 0 Å². The molecule has 1 aliphatic rings. The largest absolute Gasteiger partial charge is 0.382 e. The number of rotatable bonds is 5. The number of nitrogens with zero attached hydrogens (tertiary/aromatic N) is 1. The third-order valence-electron chi connectivity index (χ3n) is 4.24. The lowest BCUT2D eigenvalue weighted by Crippen LogP contribution is -2.26. The highest BCUT2D eigenvalue weighted by Gasteiger charge is 2.15. The first kappa shape index (κ1) is 15.8. The van der Waals surface area contributed by atoms with Crippen LogP contribution in [0.1, 0.15) is 31.7 Å². The van der Waals surface area contributed by atoms with Gasteiger partial charge >= 0.3 is 0 Å². The fourth-order valence-electron chi connectivity index (χ4n) is 2.84. The van der Waals surface area contributed by atoms with E-state index in [0.29, 0.717) is 12.5 Å². The minimum absolute atomic E-state index is 0.0548. The zero-order valence-corrected chi connectivity index (χ0v) is 13.2. The average Bonchev–Trinajstić information content (AvgIpc) is 2.74. The Kier molecular flexibility index (Phi) is 6.05. The normalized spacial score (nSPS) is 19.8. The van der Waals surface area contributed by atoms with E-state index in [1.807, 2.05) is 12.1 Å². The molecule has 4 heteroatoms. The molecule has 2 rings (SSSR count). The summed E-state index contributed by atoms with van der Waals surface area (Å²) in [7, 11) is 1.67. The summed E-state index contributed by atoms with van der Waals surface area (Å²) >= 11 is 0. The molecule has 1 amide bonds. The summed E-state index contributed by atoms with van der Waals surface area (Å²) in [6.07, 6.45) is 4.15. The lowest BCUT2D eigenvalue weighted by molar-refractivity contribution is -0.119. The molecule has 1 aromatic carbocycles. The Morgan fingerprint density at radius 3 is 2.67 bits per heavy atom. The third kappa shape index (κ3) is 5.05. The fraction of sp³-hybridized carbons (Fsp3) is 0.588. The van der Waals surface area contributed by atoms with Gasteiger partial charge in [0.1, 0.15) is 0 Å². The summed E-state index contributed by atoms with van der Waals surface area (Å²) < 4.78 is 0. The van der Waals surface area contributed by atoms with E-state index in [2.05, 4.69) is 34.6 Å². The number of carbonyl (C=O) groups excluding carboxylic acids is 1. The Morgan fingerprint density at radius 2 is 2.00 bits per heavy atom. The molecule has 1 aromatic rings. The van der Waals surface area contributed by atoms with Crippen LogP contribution in [0.15, 0.2) is 24.3 Å². The van der Waals surface area contributed by atoms with Gasteiger partial charge in [0.2, 0.25) is 5.91 Å². The van der Waals surface area contributed by atoms with E-state index in [0.717, 1.165) is 17.8 Å². The van der Waals surface area contributed by atoms with E-state index in [1.165, 1.54) is 32.4 Å². The Bertz CT molecular complexity index is 444. The van der Waals surface area contributed by atoms with Crippen LogP contribution in [0.2, 0.25) is 0 Å². The number of benzene rings is 1. The van der Waals surface area contributed by atoms with E-state index in [-0.39, 0.29) is 5.91 Å². The van der Waals surface area contributed by atoms with Crippen LogP contribution in [0, 0.1) is 0 Å². The first-order valence-electron chi connectivity index (χ1n) is 7.99. The van der Waals surface area contributed by atoms with E-state index >= 15 is 0 Å². The lowest BCUT2D eigenvalue weighted by atomic mass is 10.1. The molecule has 116 valence electrons. The second-order valence-corrected chi connectivity index (χ2v) is 5.75. The Labute approximate surface area is 127 Å². The third-order valence-corrected chi connectivity index (χ3v) is 4.24. The zero-order valence-electron chi connectivity index (χ0n) is 13.2. The van der Waals surface area contributed by atoms with Gasteiger partial charge in [-0.05, 0) is 50.0 Å². The predicted molar refractivity (Wildman–Crippen MR) is 87.6 cm³/mol. The highest BCUT2D eigenvalue weighted by molar-refractivity contribution is 5.78. The molecule has 1 heterocycles. The number of hydrogen-bond acceptors (Lipinski definition) is 3. The van der Waals surface area contributed by atoms with Crippen molar-refractivity contribution in [3.63, 3.8) is 0 Å². The molecule has 0 saturated carbocycles. The average molecular weight is 289 g/mol. The van der Waals surface area contributed by atoms with E-state index in [1.54, 1.807) is 7.05 Å². The van der Waals surface area contributed by atoms with Crippen molar-refractivity contribution in [2.24, 2.45) is 0 Å². The van der Waals surface area contributed by atoms with Gasteiger partial charge in [0.15, 0.2) is 0 Å². The molecular weight excluding hydrogens is 262 g/mol. The van der Waals surface area contributed by atoms with Crippen LogP contribution in [-0.4, -0.2) is 43.5 Å². The number of likely N-dealkylation sites (N-methyl/N-ethyl adjacent to an activating group) is 1. The smallest absolute Gasteiger partial charge is 0.224 e. The summed E-state index contributed by atoms with van der Waals surface area (Å²) in [5, 5.41) is 6.28. The Morgan fingerprint density at radius 1 is 1.24 bits per heavy atom. The van der Waals surface area contributed by atoms with Crippen molar-refractivity contribution in [3.8, 4) is 0 Å². The maximum Gasteiger partial charge on any atom is 0.224 e. The number of hydrogen-bond donors (Lipinski definition) is 2. The number of nitrogens with one attached hydrogen (secondary N) is 2. The maximum atomic E-state index is 11.3. The molecule has 0 radical (unpaired) electrons. The molecule has 21 heavy (non-hydrogen) atoms. The molecule has 0 aromatic heterocycles. The molecule has 1 fully saturated rings. The van der Waals surface area contributed by atoms with Crippen LogP contribution in [-0.2, 0) is 11.2 Å². The van der Waals surface area contributed by atoms with Gasteiger partial charge in [0, 0.05) is 25.3 Å². The summed E-state index contributed by atoms with van der Waals surface area (Å²) in [5.74, 6) is 0.0548. The van der Waals surface area contributed by atoms with Crippen molar-refractivity contribution in [1.82, 2.24) is 10.2 Å². The molecule has 1 saturated heterocycles. The molecular formula is C17H27N3O. The van der Waals surface area contributed by atoms with E-state index in [4.69, 9.17) is 0 Å². The minimum atomic E-state index is 0.0548. The monoisotopic (exact) mass is 289 g/mol. The first-order chi connectivity index (χ1) is 10.2. The molecule has 4 nitrogen and oxygen atoms in total. The molecule has 0 bridgehead atoms. The number of anilines is 1. The molecule has 1 unspecified atom stereocenters. The van der Waals surface area contributed by atoms with Crippen LogP contribution in [0.25, 0.3) is 0 Å². The lowest BCUT2D eigenvalue weighted by Gasteiger charge is -2.19. The summed E-state index contributed by atoms with van der Waals surface area (Å²) in [5.41, 5.74) is 2.21. The second kappa shape index (κ2) is 8.03. The molecule has 1 aliphatic heterocycles. The van der Waals surface area contributed by atoms with Crippen LogP contribution in [0.5, 0.6) is 0 Å². The fourth-order valence-corrected chi connectivity index (χ4v) is 2.84. The predicted octanol–water partition coefficient (Wildman–Crippen LogP) is 2.26. The maximum absolute atomic E-state index is 11.3. The van der Waals surface area contributed by atoms with Crippen molar-refractivity contribution in [2.75, 3.05) is 32.0 Å². The van der Waals surface area contributed by atoms with Crippen molar-refractivity contribution in [2.45, 2.75) is 38.6 Å². The zero-order chi connectivity index (χ0) is 15.1. The van der Waals surface area contributed by atoms with Gasteiger partial charge in [-0.15, -0.1) is 0 Å². The van der Waals surface area contributed by atoms with Gasteiger partial charge in [0.05, 0.1) is 6.42 Å². The summed E-state index contributed by atoms with van der Waals surface area (Å²) in [4.78, 5) is 13.9. The van der Waals surface area contributed by atoms with Gasteiger partial charge in [-0.2, -0.15) is 0 Å². The van der Waals surface area contributed by atoms with Crippen LogP contribution in [0.4, 0.5) is 5.69 Å². The van der Waals surface area contributed by atoms with Gasteiger partial charge in [-0.3, -0.25) is 4.79 Å². The van der Waals surface area contributed by atoms with Crippen molar-refractivity contribution in [3.05, 3.63) is 29.8 Å². The molecule has 2 N–H and O–H groups in total. The summed E-state index contributed by atoms with van der Waals surface area (Å²) in [6.45, 7) is 5.79. The quantitative estimate of drug-likeness (QED) is 0.874. The van der Waals surface area contributed by atoms with Gasteiger partial charge < -0.3 is 15.5 Å². The number of carbonyl (C=O) groups is 1. The van der Waals surface area contributed by atoms with Crippen LogP contribution in [0.3, 0.4) is 0 Å². The Hall–Kier alpha value is -1.55. The standard InChI is InChI=1S/C17H27N3O/c1-3-20-11-4-5-15(10-12-20)19-16-8-6-14(7-9-16)13-17(21)18-2/h6-9,15,19H,3-5,10-13H2,1-2H3,(H,18,21). The molecule has 1 atom stereocenters. The first-order valence-corrected chi connectivity index (χ1v) is 7.99. The summed E-state index contributed by atoms with van der Waals surface area (Å²) in [6, 6.07) is 8.80. The highest BCUT2D eigenvalue weighted by Crippen LogP contribution is 2.17. The van der Waals surface area contributed by atoms with Crippen molar-refractivity contribution in [1.29, 1.82) is 0 Å². The van der Waals surface area contributed by atoms with E-state index in [9.17, 15) is 4.79 Å². The topological polar surface area (TPSA) is 44.4 Å². The van der Waals surface area contributed by atoms with Crippen molar-refractivity contribution >= 4 is 11.6 Å². The van der Waals surface area contributed by atoms with E-state index < -0.39 is 0 Å². The van der Waals surface area contributed by atoms with Gasteiger partial charge in [-0.25, -0.2) is 0 Å². The number of likely N-dealkylation sites (tertiary alicyclic amines) is 1. The van der Waals surface area contributed by atoms with Crippen molar-refractivity contribution < 1.29 is 4.79 Å². The highest BCUT2D eigenvalue weighted by atomic mass is 16.1. The molecule has 0 spiro atoms. The SMILES string of the molecule is CCN1CCCC(Nc2ccc(CC(=O)NC)cc2)CC1. The molecule has 0 aliphatic carbocycles. The van der Waals surface area contributed by atoms with Crippen LogP contribution < -0.4 is 10.6 Å². The number of amides is 1.